The number of hydrogen-bond acceptors (Lipinski definition) is 2. The summed E-state index contributed by atoms with van der Waals surface area (Å²) in [6.07, 6.45) is 0. The summed E-state index contributed by atoms with van der Waals surface area (Å²) in [5.41, 5.74) is 0. The zero-order valence-corrected chi connectivity index (χ0v) is 8.63. The van der Waals surface area contributed by atoms with Crippen LogP contribution in [0.25, 0.3) is 0 Å². The van der Waals surface area contributed by atoms with Crippen molar-refractivity contribution in [3.8, 4) is 0 Å². The number of nitro groups is 1. The van der Waals surface area contributed by atoms with Gasteiger partial charge in [-0.05, 0) is 34.8 Å². The number of nitrogens with zero attached hydrogens (tertiary/aromatic N) is 1. The van der Waals surface area contributed by atoms with Gasteiger partial charge in [-0.15, -0.1) is 0 Å². The maximum atomic E-state index is 9.43. The fourth-order valence-corrected chi connectivity index (χ4v) is 0.385. The van der Waals surface area contributed by atoms with Crippen molar-refractivity contribution in [2.75, 3.05) is 0 Å². The molecule has 3 nitrogen and oxygen atoms in total. The zero-order valence-electron chi connectivity index (χ0n) is 6.36. The lowest BCUT2D eigenvalue weighted by atomic mass is 10.4. The molecule has 13 heavy (non-hydrogen) atoms. The summed E-state index contributed by atoms with van der Waals surface area (Å²) in [4.78, 5) is 8.41. The summed E-state index contributed by atoms with van der Waals surface area (Å²) in [6, 6.07) is 12.0. The van der Waals surface area contributed by atoms with Crippen molar-refractivity contribution in [3.05, 3.63) is 46.5 Å². The van der Waals surface area contributed by atoms with E-state index in [0.717, 1.165) is 0 Å². The molecule has 1 aromatic carbocycles. The third-order valence-corrected chi connectivity index (χ3v) is 1.29. The van der Waals surface area contributed by atoms with Crippen LogP contribution in [0.1, 0.15) is 0 Å². The SMILES string of the molecule is O=[N+]([O-])C(Cl)(Cl)Cl.c1ccccc1. The minimum absolute atomic E-state index is 1.02. The number of hydrogen-bond donors (Lipinski definition) is 0. The van der Waals surface area contributed by atoms with E-state index in [1.807, 2.05) is 36.4 Å². The molecule has 0 saturated heterocycles. The Morgan fingerprint density at radius 2 is 1.08 bits per heavy atom. The van der Waals surface area contributed by atoms with Crippen molar-refractivity contribution in [1.82, 2.24) is 0 Å². The first-order valence-electron chi connectivity index (χ1n) is 3.16. The molecule has 0 aliphatic carbocycles. The number of alkyl halides is 3. The van der Waals surface area contributed by atoms with Gasteiger partial charge in [0.15, 0.2) is 0 Å². The fourth-order valence-electron chi connectivity index (χ4n) is 0.385. The predicted octanol–water partition coefficient (Wildman–Crippen LogP) is 3.28. The van der Waals surface area contributed by atoms with Crippen molar-refractivity contribution < 1.29 is 4.92 Å². The second-order valence-corrected chi connectivity index (χ2v) is 4.10. The minimum Gasteiger partial charge on any atom is -0.260 e. The van der Waals surface area contributed by atoms with Gasteiger partial charge >= 0.3 is 3.92 Å². The zero-order chi connectivity index (χ0) is 10.3. The molecule has 0 spiro atoms. The van der Waals surface area contributed by atoms with Gasteiger partial charge in [-0.1, -0.05) is 36.4 Å². The number of rotatable bonds is 0. The average Bonchev–Trinajstić information content (AvgIpc) is 2.07. The van der Waals surface area contributed by atoms with Crippen LogP contribution in [0.4, 0.5) is 0 Å². The molecule has 0 bridgehead atoms. The Labute approximate surface area is 90.4 Å². The summed E-state index contributed by atoms with van der Waals surface area (Å²) in [5, 5.41) is 9.43. The summed E-state index contributed by atoms with van der Waals surface area (Å²) < 4.78 is -2.36. The maximum Gasteiger partial charge on any atom is 0.449 e. The van der Waals surface area contributed by atoms with Gasteiger partial charge in [0, 0.05) is 0 Å². The molecule has 6 heteroatoms. The fraction of sp³-hybridized carbons (Fsp3) is 0.143. The van der Waals surface area contributed by atoms with E-state index < -0.39 is 8.84 Å². The van der Waals surface area contributed by atoms with Crippen LogP contribution >= 0.6 is 34.8 Å². The van der Waals surface area contributed by atoms with Gasteiger partial charge in [0.25, 0.3) is 0 Å². The molecule has 0 atom stereocenters. The molecule has 0 heterocycles. The summed E-state index contributed by atoms with van der Waals surface area (Å²) in [7, 11) is 0. The molecule has 0 saturated carbocycles. The van der Waals surface area contributed by atoms with E-state index in [0.29, 0.717) is 0 Å². The second-order valence-electron chi connectivity index (χ2n) is 1.88. The third kappa shape index (κ3) is 7.84. The van der Waals surface area contributed by atoms with Gasteiger partial charge < -0.3 is 0 Å². The van der Waals surface area contributed by atoms with Crippen molar-refractivity contribution in [2.45, 2.75) is 3.92 Å². The number of halogens is 3. The highest BCUT2D eigenvalue weighted by Gasteiger charge is 2.33. The van der Waals surface area contributed by atoms with Crippen LogP contribution in [0.3, 0.4) is 0 Å². The molecule has 1 rings (SSSR count). The van der Waals surface area contributed by atoms with E-state index in [9.17, 15) is 10.1 Å². The normalized spacial score (nSPS) is 9.77. The average molecular weight is 242 g/mol. The van der Waals surface area contributed by atoms with Gasteiger partial charge in [0.2, 0.25) is 0 Å². The molecule has 0 unspecified atom stereocenters. The van der Waals surface area contributed by atoms with Crippen LogP contribution in [0, 0.1) is 10.1 Å². The molecule has 0 amide bonds. The van der Waals surface area contributed by atoms with Crippen molar-refractivity contribution in [3.63, 3.8) is 0 Å². The van der Waals surface area contributed by atoms with E-state index >= 15 is 0 Å². The molecule has 0 aromatic heterocycles. The summed E-state index contributed by atoms with van der Waals surface area (Å²) >= 11 is 14.1. The van der Waals surface area contributed by atoms with Crippen molar-refractivity contribution in [2.24, 2.45) is 0 Å². The van der Waals surface area contributed by atoms with Crippen LogP contribution in [-0.2, 0) is 0 Å². The van der Waals surface area contributed by atoms with E-state index in [1.165, 1.54) is 0 Å². The first-order chi connectivity index (χ1) is 5.94. The Bertz CT molecular complexity index is 221. The quantitative estimate of drug-likeness (QED) is 0.303. The molecular formula is C7H6Cl3NO2. The Morgan fingerprint density at radius 1 is 0.923 bits per heavy atom. The predicted molar refractivity (Wildman–Crippen MR) is 53.7 cm³/mol. The van der Waals surface area contributed by atoms with Crippen LogP contribution in [-0.4, -0.2) is 8.84 Å². The molecule has 0 N–H and O–H groups in total. The molecule has 1 aromatic rings. The monoisotopic (exact) mass is 241 g/mol. The Balaban J connectivity index is 0.000000223. The van der Waals surface area contributed by atoms with Crippen molar-refractivity contribution in [1.29, 1.82) is 0 Å². The minimum atomic E-state index is -2.36. The first-order valence-corrected chi connectivity index (χ1v) is 4.29. The highest BCUT2D eigenvalue weighted by molar-refractivity contribution is 6.65. The van der Waals surface area contributed by atoms with Crippen LogP contribution in [0.15, 0.2) is 36.4 Å². The number of benzene rings is 1. The van der Waals surface area contributed by atoms with Crippen LogP contribution < -0.4 is 0 Å². The first kappa shape index (κ1) is 12.5. The van der Waals surface area contributed by atoms with Gasteiger partial charge in [-0.3, -0.25) is 10.1 Å². The Hall–Kier alpha value is -0.510. The summed E-state index contributed by atoms with van der Waals surface area (Å²) in [6.45, 7) is 0. The third-order valence-electron chi connectivity index (χ3n) is 0.874. The highest BCUT2D eigenvalue weighted by Crippen LogP contribution is 2.25. The van der Waals surface area contributed by atoms with Crippen LogP contribution in [0.2, 0.25) is 0 Å². The molecule has 0 aliphatic heterocycles. The molecule has 0 fully saturated rings. The van der Waals surface area contributed by atoms with E-state index in [-0.39, 0.29) is 0 Å². The Morgan fingerprint density at radius 3 is 1.15 bits per heavy atom. The maximum absolute atomic E-state index is 9.43. The van der Waals surface area contributed by atoms with E-state index in [1.54, 1.807) is 0 Å². The van der Waals surface area contributed by atoms with Gasteiger partial charge in [0.1, 0.15) is 0 Å². The molecule has 0 aliphatic rings. The Kier molecular flexibility index (Phi) is 5.79. The lowest BCUT2D eigenvalue weighted by molar-refractivity contribution is -0.491. The van der Waals surface area contributed by atoms with Gasteiger partial charge in [-0.25, -0.2) is 0 Å². The lowest BCUT2D eigenvalue weighted by Crippen LogP contribution is -2.15. The molecular weight excluding hydrogens is 236 g/mol. The van der Waals surface area contributed by atoms with Gasteiger partial charge in [0.05, 0.1) is 4.92 Å². The lowest BCUT2D eigenvalue weighted by Gasteiger charge is -1.96. The summed E-state index contributed by atoms with van der Waals surface area (Å²) in [5.74, 6) is 0. The smallest absolute Gasteiger partial charge is 0.260 e. The molecule has 72 valence electrons. The molecule has 0 radical (unpaired) electrons. The van der Waals surface area contributed by atoms with Crippen LogP contribution in [0.5, 0.6) is 0 Å². The van der Waals surface area contributed by atoms with Gasteiger partial charge in [-0.2, -0.15) is 0 Å². The standard InChI is InChI=1S/C6H6.CCl3NO2/c1-2-4-6-5-3-1;2-1(3,4)5(6)7/h1-6H;. The van der Waals surface area contributed by atoms with E-state index in [2.05, 4.69) is 0 Å². The topological polar surface area (TPSA) is 43.1 Å². The second kappa shape index (κ2) is 6.02. The van der Waals surface area contributed by atoms with E-state index in [4.69, 9.17) is 34.8 Å². The highest BCUT2D eigenvalue weighted by atomic mass is 35.6. The van der Waals surface area contributed by atoms with Crippen molar-refractivity contribution >= 4 is 34.8 Å². The largest absolute Gasteiger partial charge is 0.449 e.